The molecular formula is C10H16N4OS. The number of hydrogen-bond donors (Lipinski definition) is 2. The van der Waals surface area contributed by atoms with Crippen molar-refractivity contribution in [2.75, 3.05) is 0 Å². The van der Waals surface area contributed by atoms with Crippen molar-refractivity contribution in [1.29, 1.82) is 0 Å². The van der Waals surface area contributed by atoms with Gasteiger partial charge in [-0.2, -0.15) is 0 Å². The van der Waals surface area contributed by atoms with E-state index in [0.29, 0.717) is 13.0 Å². The lowest BCUT2D eigenvalue weighted by Crippen LogP contribution is -2.37. The molecule has 0 radical (unpaired) electrons. The number of imidazole rings is 1. The van der Waals surface area contributed by atoms with E-state index >= 15 is 0 Å². The van der Waals surface area contributed by atoms with E-state index in [2.05, 4.69) is 10.3 Å². The lowest BCUT2D eigenvalue weighted by molar-refractivity contribution is -0.123. The molecule has 0 aliphatic carbocycles. The van der Waals surface area contributed by atoms with E-state index in [9.17, 15) is 4.79 Å². The standard InChI is InChI=1S/C10H16N4OS/c1-3-7(9(11)16)10(15)13-6-8-12-4-5-14(8)2/h4-5,7H,3,6H2,1-2H3,(H2,11,16)(H,13,15). The highest BCUT2D eigenvalue weighted by Crippen LogP contribution is 2.03. The van der Waals surface area contributed by atoms with E-state index in [4.69, 9.17) is 18.0 Å². The summed E-state index contributed by atoms with van der Waals surface area (Å²) >= 11 is 4.83. The third kappa shape index (κ3) is 3.03. The Bertz CT molecular complexity index is 388. The molecule has 0 bridgehead atoms. The van der Waals surface area contributed by atoms with Gasteiger partial charge >= 0.3 is 0 Å². The van der Waals surface area contributed by atoms with Gasteiger partial charge in [-0.1, -0.05) is 19.1 Å². The first-order chi connectivity index (χ1) is 7.56. The van der Waals surface area contributed by atoms with E-state index in [1.54, 1.807) is 6.20 Å². The molecule has 0 spiro atoms. The number of aromatic nitrogens is 2. The van der Waals surface area contributed by atoms with Gasteiger partial charge in [0.05, 0.1) is 17.5 Å². The van der Waals surface area contributed by atoms with Crippen molar-refractivity contribution in [1.82, 2.24) is 14.9 Å². The maximum atomic E-state index is 11.7. The van der Waals surface area contributed by atoms with Gasteiger partial charge in [0.1, 0.15) is 5.82 Å². The van der Waals surface area contributed by atoms with Crippen LogP contribution in [0.5, 0.6) is 0 Å². The van der Waals surface area contributed by atoms with E-state index in [0.717, 1.165) is 5.82 Å². The average Bonchev–Trinajstić information content (AvgIpc) is 2.61. The van der Waals surface area contributed by atoms with Crippen LogP contribution in [0.25, 0.3) is 0 Å². The Hall–Kier alpha value is -1.43. The van der Waals surface area contributed by atoms with Crippen LogP contribution in [-0.2, 0) is 18.4 Å². The van der Waals surface area contributed by atoms with Crippen molar-refractivity contribution in [2.45, 2.75) is 19.9 Å². The highest BCUT2D eigenvalue weighted by Gasteiger charge is 2.18. The Morgan fingerprint density at radius 2 is 2.44 bits per heavy atom. The summed E-state index contributed by atoms with van der Waals surface area (Å²) in [6.45, 7) is 2.27. The molecule has 16 heavy (non-hydrogen) atoms. The molecule has 0 aliphatic heterocycles. The molecule has 1 unspecified atom stereocenters. The normalized spacial score (nSPS) is 12.1. The Balaban J connectivity index is 2.52. The number of carbonyl (C=O) groups excluding carboxylic acids is 1. The Morgan fingerprint density at radius 3 is 2.88 bits per heavy atom. The molecule has 1 rings (SSSR count). The van der Waals surface area contributed by atoms with Crippen LogP contribution in [0.15, 0.2) is 12.4 Å². The van der Waals surface area contributed by atoms with Crippen molar-refractivity contribution in [3.63, 3.8) is 0 Å². The van der Waals surface area contributed by atoms with E-state index < -0.39 is 5.92 Å². The molecular weight excluding hydrogens is 224 g/mol. The van der Waals surface area contributed by atoms with E-state index in [1.165, 1.54) is 0 Å². The first-order valence-corrected chi connectivity index (χ1v) is 5.50. The van der Waals surface area contributed by atoms with Crippen LogP contribution in [0.4, 0.5) is 0 Å². The zero-order chi connectivity index (χ0) is 12.1. The molecule has 0 saturated carbocycles. The minimum Gasteiger partial charge on any atom is -0.393 e. The molecule has 1 heterocycles. The van der Waals surface area contributed by atoms with Gasteiger partial charge in [-0.3, -0.25) is 4.79 Å². The third-order valence-corrected chi connectivity index (χ3v) is 2.69. The van der Waals surface area contributed by atoms with E-state index in [1.807, 2.05) is 24.7 Å². The fraction of sp³-hybridized carbons (Fsp3) is 0.500. The van der Waals surface area contributed by atoms with Crippen molar-refractivity contribution in [3.05, 3.63) is 18.2 Å². The molecule has 3 N–H and O–H groups in total. The molecule has 1 aromatic heterocycles. The number of thiocarbonyl (C=S) groups is 1. The fourth-order valence-corrected chi connectivity index (χ4v) is 1.65. The SMILES string of the molecule is CCC(C(=O)NCc1nccn1C)C(N)=S. The van der Waals surface area contributed by atoms with E-state index in [-0.39, 0.29) is 10.9 Å². The van der Waals surface area contributed by atoms with Gasteiger partial charge in [0.15, 0.2) is 0 Å². The van der Waals surface area contributed by atoms with Gasteiger partial charge < -0.3 is 15.6 Å². The second-order valence-electron chi connectivity index (χ2n) is 3.54. The molecule has 0 fully saturated rings. The van der Waals surface area contributed by atoms with Gasteiger partial charge in [-0.25, -0.2) is 4.98 Å². The number of carbonyl (C=O) groups is 1. The van der Waals surface area contributed by atoms with Crippen molar-refractivity contribution in [3.8, 4) is 0 Å². The number of amides is 1. The summed E-state index contributed by atoms with van der Waals surface area (Å²) in [4.78, 5) is 16.0. The Kier molecular flexibility index (Phi) is 4.42. The topological polar surface area (TPSA) is 72.9 Å². The zero-order valence-corrected chi connectivity index (χ0v) is 10.3. The quantitative estimate of drug-likeness (QED) is 0.728. The number of nitrogens with zero attached hydrogens (tertiary/aromatic N) is 2. The molecule has 5 nitrogen and oxygen atoms in total. The maximum absolute atomic E-state index is 11.7. The number of nitrogens with one attached hydrogen (secondary N) is 1. The summed E-state index contributed by atoms with van der Waals surface area (Å²) in [6.07, 6.45) is 4.13. The highest BCUT2D eigenvalue weighted by atomic mass is 32.1. The second kappa shape index (κ2) is 5.60. The monoisotopic (exact) mass is 240 g/mol. The number of nitrogens with two attached hydrogens (primary N) is 1. The smallest absolute Gasteiger partial charge is 0.230 e. The maximum Gasteiger partial charge on any atom is 0.230 e. The molecule has 1 atom stereocenters. The predicted octanol–water partition coefficient (Wildman–Crippen LogP) is 0.349. The number of hydrogen-bond acceptors (Lipinski definition) is 3. The molecule has 6 heteroatoms. The third-order valence-electron chi connectivity index (χ3n) is 2.41. The fourth-order valence-electron chi connectivity index (χ4n) is 1.37. The van der Waals surface area contributed by atoms with Gasteiger partial charge in [-0.05, 0) is 6.42 Å². The van der Waals surface area contributed by atoms with Crippen LogP contribution in [0.2, 0.25) is 0 Å². The van der Waals surface area contributed by atoms with Gasteiger partial charge in [0.2, 0.25) is 5.91 Å². The molecule has 1 aromatic rings. The number of rotatable bonds is 5. The summed E-state index contributed by atoms with van der Waals surface area (Å²) in [5, 5.41) is 2.77. The predicted molar refractivity (Wildman–Crippen MR) is 65.6 cm³/mol. The molecule has 88 valence electrons. The van der Waals surface area contributed by atoms with Crippen molar-refractivity contribution in [2.24, 2.45) is 18.7 Å². The molecule has 0 saturated heterocycles. The average molecular weight is 240 g/mol. The summed E-state index contributed by atoms with van der Waals surface area (Å²) in [5.74, 6) is 0.263. The minimum atomic E-state index is -0.393. The molecule has 0 aromatic carbocycles. The second-order valence-corrected chi connectivity index (χ2v) is 4.01. The van der Waals surface area contributed by atoms with Crippen LogP contribution >= 0.6 is 12.2 Å². The Labute approximate surface area is 100 Å². The molecule has 1 amide bonds. The largest absolute Gasteiger partial charge is 0.393 e. The van der Waals surface area contributed by atoms with Crippen LogP contribution < -0.4 is 11.1 Å². The van der Waals surface area contributed by atoms with Gasteiger partial charge in [0.25, 0.3) is 0 Å². The first-order valence-electron chi connectivity index (χ1n) is 5.09. The minimum absolute atomic E-state index is 0.141. The highest BCUT2D eigenvalue weighted by molar-refractivity contribution is 7.80. The van der Waals surface area contributed by atoms with Crippen LogP contribution in [0.1, 0.15) is 19.2 Å². The first kappa shape index (κ1) is 12.6. The lowest BCUT2D eigenvalue weighted by Gasteiger charge is -2.13. The van der Waals surface area contributed by atoms with Crippen molar-refractivity contribution >= 4 is 23.1 Å². The summed E-state index contributed by atoms with van der Waals surface area (Å²) in [5.41, 5.74) is 5.48. The van der Waals surface area contributed by atoms with Crippen LogP contribution in [0, 0.1) is 5.92 Å². The molecule has 0 aliphatic rings. The Morgan fingerprint density at radius 1 is 1.75 bits per heavy atom. The van der Waals surface area contributed by atoms with Gasteiger partial charge in [-0.15, -0.1) is 0 Å². The zero-order valence-electron chi connectivity index (χ0n) is 9.43. The lowest BCUT2D eigenvalue weighted by atomic mass is 10.1. The number of aryl methyl sites for hydroxylation is 1. The summed E-state index contributed by atoms with van der Waals surface area (Å²) < 4.78 is 1.85. The van der Waals surface area contributed by atoms with Crippen LogP contribution in [-0.4, -0.2) is 20.4 Å². The van der Waals surface area contributed by atoms with Crippen LogP contribution in [0.3, 0.4) is 0 Å². The summed E-state index contributed by atoms with van der Waals surface area (Å²) in [6, 6.07) is 0. The van der Waals surface area contributed by atoms with Gasteiger partial charge in [0, 0.05) is 19.4 Å². The van der Waals surface area contributed by atoms with Crippen molar-refractivity contribution < 1.29 is 4.79 Å². The summed E-state index contributed by atoms with van der Waals surface area (Å²) in [7, 11) is 1.87.